The average Bonchev–Trinajstić information content (AvgIpc) is 3.31. The molecule has 0 aliphatic carbocycles. The van der Waals surface area contributed by atoms with Gasteiger partial charge in [0, 0.05) is 36.2 Å². The van der Waals surface area contributed by atoms with Gasteiger partial charge in [-0.15, -0.1) is 0 Å². The van der Waals surface area contributed by atoms with Crippen molar-refractivity contribution >= 4 is 20.9 Å². The maximum Gasteiger partial charge on any atom is 0.248 e. The van der Waals surface area contributed by atoms with Gasteiger partial charge in [-0.2, -0.15) is 4.31 Å². The van der Waals surface area contributed by atoms with Crippen molar-refractivity contribution in [1.29, 1.82) is 0 Å². The Bertz CT molecular complexity index is 1440. The van der Waals surface area contributed by atoms with Gasteiger partial charge in [0.15, 0.2) is 5.76 Å². The van der Waals surface area contributed by atoms with Gasteiger partial charge in [0.05, 0.1) is 0 Å². The lowest BCUT2D eigenvalue weighted by atomic mass is 9.88. The van der Waals surface area contributed by atoms with Crippen LogP contribution in [0.3, 0.4) is 0 Å². The van der Waals surface area contributed by atoms with Crippen LogP contribution in [0.1, 0.15) is 52.6 Å². The van der Waals surface area contributed by atoms with Gasteiger partial charge in [0.25, 0.3) is 0 Å². The molecule has 178 valence electrons. The first-order valence-corrected chi connectivity index (χ1v) is 13.3. The summed E-state index contributed by atoms with van der Waals surface area (Å²) < 4.78 is 35.7. The third-order valence-corrected chi connectivity index (χ3v) is 9.44. The lowest BCUT2D eigenvalue weighted by Crippen LogP contribution is -2.38. The van der Waals surface area contributed by atoms with E-state index in [0.717, 1.165) is 19.4 Å². The molecule has 0 atom stereocenters. The summed E-state index contributed by atoms with van der Waals surface area (Å²) >= 11 is 0. The first kappa shape index (κ1) is 22.9. The molecule has 1 saturated heterocycles. The second-order valence-electron chi connectivity index (χ2n) is 9.36. The van der Waals surface area contributed by atoms with Crippen LogP contribution in [0.5, 0.6) is 0 Å². The molecule has 0 spiro atoms. The quantitative estimate of drug-likeness (QED) is 0.382. The summed E-state index contributed by atoms with van der Waals surface area (Å²) in [5.41, 5.74) is 6.91. The van der Waals surface area contributed by atoms with E-state index in [2.05, 4.69) is 72.1 Å². The van der Waals surface area contributed by atoms with Crippen LogP contribution in [0.25, 0.3) is 10.9 Å². The van der Waals surface area contributed by atoms with Gasteiger partial charge < -0.3 is 9.09 Å². The van der Waals surface area contributed by atoms with Gasteiger partial charge >= 0.3 is 0 Å². The topological polar surface area (TPSA) is 68.3 Å². The van der Waals surface area contributed by atoms with Crippen molar-refractivity contribution in [3.05, 3.63) is 82.4 Å². The molecule has 1 aliphatic heterocycles. The SMILES string of the molecule is Cc1ccccc1Cn1c(C)c(C2CCN(S(=O)(=O)c3c(C)noc3C)CC2)c2ccccc21. The Balaban J connectivity index is 1.45. The largest absolute Gasteiger partial charge is 0.360 e. The molecular formula is C27H31N3O3S. The van der Waals surface area contributed by atoms with E-state index in [1.165, 1.54) is 33.3 Å². The van der Waals surface area contributed by atoms with Crippen molar-refractivity contribution in [3.8, 4) is 0 Å². The van der Waals surface area contributed by atoms with E-state index < -0.39 is 10.0 Å². The summed E-state index contributed by atoms with van der Waals surface area (Å²) in [6.45, 7) is 9.53. The Hall–Kier alpha value is -2.90. The standard InChI is InChI=1S/C27H31N3O3S/c1-18-9-5-6-10-23(18)17-30-20(3)26(24-11-7-8-12-25(24)30)22-13-15-29(16-14-22)34(31,32)27-19(2)28-33-21(27)4/h5-12,22H,13-17H2,1-4H3. The minimum atomic E-state index is -3.61. The van der Waals surface area contributed by atoms with E-state index in [1.807, 2.05) is 0 Å². The number of aromatic nitrogens is 2. The summed E-state index contributed by atoms with van der Waals surface area (Å²) in [5, 5.41) is 5.12. The van der Waals surface area contributed by atoms with E-state index in [-0.39, 0.29) is 4.90 Å². The minimum absolute atomic E-state index is 0.219. The smallest absolute Gasteiger partial charge is 0.248 e. The van der Waals surface area contributed by atoms with Crippen molar-refractivity contribution in [2.45, 2.75) is 57.9 Å². The zero-order valence-electron chi connectivity index (χ0n) is 20.2. The van der Waals surface area contributed by atoms with Crippen molar-refractivity contribution in [3.63, 3.8) is 0 Å². The van der Waals surface area contributed by atoms with E-state index in [0.29, 0.717) is 30.5 Å². The van der Waals surface area contributed by atoms with E-state index in [4.69, 9.17) is 4.52 Å². The summed E-state index contributed by atoms with van der Waals surface area (Å²) in [4.78, 5) is 0.219. The fourth-order valence-electron chi connectivity index (χ4n) is 5.49. The third kappa shape index (κ3) is 3.77. The predicted molar refractivity (Wildman–Crippen MR) is 134 cm³/mol. The number of para-hydroxylation sites is 1. The van der Waals surface area contributed by atoms with Crippen LogP contribution in [0.2, 0.25) is 0 Å². The number of sulfonamides is 1. The highest BCUT2D eigenvalue weighted by molar-refractivity contribution is 7.89. The molecule has 34 heavy (non-hydrogen) atoms. The number of piperidine rings is 1. The van der Waals surface area contributed by atoms with Crippen LogP contribution in [0, 0.1) is 27.7 Å². The molecule has 2 aromatic carbocycles. The van der Waals surface area contributed by atoms with Gasteiger partial charge in [-0.1, -0.05) is 47.6 Å². The highest BCUT2D eigenvalue weighted by atomic mass is 32.2. The van der Waals surface area contributed by atoms with Crippen LogP contribution >= 0.6 is 0 Å². The second-order valence-corrected chi connectivity index (χ2v) is 11.2. The van der Waals surface area contributed by atoms with Gasteiger partial charge in [-0.05, 0) is 69.2 Å². The molecule has 0 radical (unpaired) electrons. The number of aryl methyl sites for hydroxylation is 3. The number of fused-ring (bicyclic) bond motifs is 1. The molecule has 1 fully saturated rings. The fourth-order valence-corrected chi connectivity index (χ4v) is 7.25. The Morgan fingerprint density at radius 3 is 2.32 bits per heavy atom. The molecule has 3 heterocycles. The van der Waals surface area contributed by atoms with Crippen LogP contribution in [-0.2, 0) is 16.6 Å². The zero-order chi connectivity index (χ0) is 24.0. The molecule has 5 rings (SSSR count). The highest BCUT2D eigenvalue weighted by Gasteiger charge is 2.35. The van der Waals surface area contributed by atoms with E-state index in [1.54, 1.807) is 18.2 Å². The molecular weight excluding hydrogens is 446 g/mol. The molecule has 0 bridgehead atoms. The molecule has 0 saturated carbocycles. The molecule has 7 heteroatoms. The second kappa shape index (κ2) is 8.71. The van der Waals surface area contributed by atoms with E-state index >= 15 is 0 Å². The van der Waals surface area contributed by atoms with Crippen LogP contribution < -0.4 is 0 Å². The Kier molecular flexibility index (Phi) is 5.86. The monoisotopic (exact) mass is 477 g/mol. The molecule has 2 aromatic heterocycles. The van der Waals surface area contributed by atoms with Gasteiger partial charge in [-0.25, -0.2) is 8.42 Å². The summed E-state index contributed by atoms with van der Waals surface area (Å²) in [6.07, 6.45) is 1.59. The van der Waals surface area contributed by atoms with Crippen molar-refractivity contribution < 1.29 is 12.9 Å². The summed E-state index contributed by atoms with van der Waals surface area (Å²) in [5.74, 6) is 0.675. The van der Waals surface area contributed by atoms with E-state index in [9.17, 15) is 8.42 Å². The number of rotatable bonds is 5. The molecule has 0 unspecified atom stereocenters. The Morgan fingerprint density at radius 2 is 1.65 bits per heavy atom. The normalized spacial score (nSPS) is 15.9. The summed E-state index contributed by atoms with van der Waals surface area (Å²) in [6, 6.07) is 17.1. The van der Waals surface area contributed by atoms with Gasteiger partial charge in [0.1, 0.15) is 10.6 Å². The predicted octanol–water partition coefficient (Wildman–Crippen LogP) is 5.48. The Labute approximate surface area is 201 Å². The molecule has 4 aromatic rings. The van der Waals surface area contributed by atoms with Gasteiger partial charge in [0.2, 0.25) is 10.0 Å². The highest BCUT2D eigenvalue weighted by Crippen LogP contribution is 2.39. The fraction of sp³-hybridized carbons (Fsp3) is 0.370. The van der Waals surface area contributed by atoms with Crippen LogP contribution in [-0.4, -0.2) is 35.5 Å². The number of hydrogen-bond acceptors (Lipinski definition) is 4. The van der Waals surface area contributed by atoms with Crippen LogP contribution in [0.4, 0.5) is 0 Å². The van der Waals surface area contributed by atoms with Gasteiger partial charge in [-0.3, -0.25) is 0 Å². The van der Waals surface area contributed by atoms with Crippen molar-refractivity contribution in [2.75, 3.05) is 13.1 Å². The maximum atomic E-state index is 13.3. The molecule has 0 amide bonds. The van der Waals surface area contributed by atoms with Crippen molar-refractivity contribution in [1.82, 2.24) is 14.0 Å². The first-order chi connectivity index (χ1) is 16.3. The number of benzene rings is 2. The Morgan fingerprint density at radius 1 is 0.971 bits per heavy atom. The minimum Gasteiger partial charge on any atom is -0.360 e. The maximum absolute atomic E-state index is 13.3. The molecule has 6 nitrogen and oxygen atoms in total. The lowest BCUT2D eigenvalue weighted by molar-refractivity contribution is 0.318. The first-order valence-electron chi connectivity index (χ1n) is 11.8. The lowest BCUT2D eigenvalue weighted by Gasteiger charge is -2.31. The average molecular weight is 478 g/mol. The third-order valence-electron chi connectivity index (χ3n) is 7.30. The number of nitrogens with zero attached hydrogens (tertiary/aromatic N) is 3. The number of hydrogen-bond donors (Lipinski definition) is 0. The van der Waals surface area contributed by atoms with Crippen LogP contribution in [0.15, 0.2) is 57.9 Å². The zero-order valence-corrected chi connectivity index (χ0v) is 21.0. The molecule has 0 N–H and O–H groups in total. The molecule has 1 aliphatic rings. The van der Waals surface area contributed by atoms with Crippen molar-refractivity contribution in [2.24, 2.45) is 0 Å². The summed E-state index contributed by atoms with van der Waals surface area (Å²) in [7, 11) is -3.61.